The van der Waals surface area contributed by atoms with Crippen LogP contribution in [-0.2, 0) is 6.42 Å². The van der Waals surface area contributed by atoms with Crippen LogP contribution in [0, 0.1) is 12.8 Å². The van der Waals surface area contributed by atoms with Crippen molar-refractivity contribution in [3.8, 4) is 5.75 Å². The van der Waals surface area contributed by atoms with Crippen molar-refractivity contribution in [1.82, 2.24) is 0 Å². The molecule has 3 nitrogen and oxygen atoms in total. The summed E-state index contributed by atoms with van der Waals surface area (Å²) in [5, 5.41) is 0. The number of para-hydroxylation sites is 1. The second kappa shape index (κ2) is 6.30. The first-order chi connectivity index (χ1) is 10.7. The van der Waals surface area contributed by atoms with Crippen molar-refractivity contribution in [2.24, 2.45) is 5.92 Å². The minimum Gasteiger partial charge on any atom is -0.491 e. The maximum absolute atomic E-state index is 6.03. The summed E-state index contributed by atoms with van der Waals surface area (Å²) in [5.41, 5.74) is 10.7. The molecule has 0 aliphatic carbocycles. The lowest BCUT2D eigenvalue weighted by Crippen LogP contribution is -2.37. The first-order valence-corrected chi connectivity index (χ1v) is 7.99. The van der Waals surface area contributed by atoms with Crippen LogP contribution >= 0.6 is 0 Å². The predicted molar refractivity (Wildman–Crippen MR) is 92.6 cm³/mol. The molecule has 1 aliphatic heterocycles. The van der Waals surface area contributed by atoms with E-state index in [1.54, 1.807) is 0 Å². The number of rotatable bonds is 4. The normalized spacial score (nSPS) is 17.2. The standard InChI is InChI=1S/C19H24N2O/c1-3-21-12-15(11-16-6-4-5-7-18(16)21)13-22-19-9-8-14(2)10-17(19)20/h4-10,15H,3,11-13,20H2,1-2H3. The Hall–Kier alpha value is -2.16. The Morgan fingerprint density at radius 1 is 1.23 bits per heavy atom. The van der Waals surface area contributed by atoms with Gasteiger partial charge in [-0.1, -0.05) is 24.3 Å². The number of aryl methyl sites for hydroxylation is 1. The van der Waals surface area contributed by atoms with Gasteiger partial charge in [-0.25, -0.2) is 0 Å². The van der Waals surface area contributed by atoms with Gasteiger partial charge in [0.2, 0.25) is 0 Å². The molecule has 3 rings (SSSR count). The molecule has 0 spiro atoms. The maximum Gasteiger partial charge on any atom is 0.142 e. The molecule has 0 saturated carbocycles. The lowest BCUT2D eigenvalue weighted by molar-refractivity contribution is 0.247. The summed E-state index contributed by atoms with van der Waals surface area (Å²) in [4.78, 5) is 2.44. The van der Waals surface area contributed by atoms with Gasteiger partial charge in [-0.2, -0.15) is 0 Å². The molecule has 2 aromatic rings. The van der Waals surface area contributed by atoms with Crippen molar-refractivity contribution in [2.45, 2.75) is 20.3 Å². The van der Waals surface area contributed by atoms with E-state index in [0.29, 0.717) is 12.5 Å². The number of benzene rings is 2. The number of ether oxygens (including phenoxy) is 1. The second-order valence-corrected chi connectivity index (χ2v) is 6.09. The Labute approximate surface area is 132 Å². The molecule has 0 fully saturated rings. The molecule has 2 N–H and O–H groups in total. The SMILES string of the molecule is CCN1CC(COc2ccc(C)cc2N)Cc2ccccc21. The topological polar surface area (TPSA) is 38.5 Å². The zero-order valence-corrected chi connectivity index (χ0v) is 13.4. The largest absolute Gasteiger partial charge is 0.491 e. The van der Waals surface area contributed by atoms with E-state index < -0.39 is 0 Å². The number of anilines is 2. The predicted octanol–water partition coefficient (Wildman–Crippen LogP) is 3.65. The summed E-state index contributed by atoms with van der Waals surface area (Å²) in [5.74, 6) is 1.29. The molecule has 1 unspecified atom stereocenters. The lowest BCUT2D eigenvalue weighted by atomic mass is 9.93. The smallest absolute Gasteiger partial charge is 0.142 e. The van der Waals surface area contributed by atoms with Crippen molar-refractivity contribution in [3.05, 3.63) is 53.6 Å². The molecule has 1 atom stereocenters. The maximum atomic E-state index is 6.03. The molecule has 1 aliphatic rings. The molecule has 0 radical (unpaired) electrons. The summed E-state index contributed by atoms with van der Waals surface area (Å²) < 4.78 is 5.99. The molecule has 0 saturated heterocycles. The van der Waals surface area contributed by atoms with Crippen LogP contribution in [0.15, 0.2) is 42.5 Å². The van der Waals surface area contributed by atoms with Crippen LogP contribution in [0.2, 0.25) is 0 Å². The summed E-state index contributed by atoms with van der Waals surface area (Å²) in [6.45, 7) is 7.02. The fraction of sp³-hybridized carbons (Fsp3) is 0.368. The third-order valence-corrected chi connectivity index (χ3v) is 4.34. The quantitative estimate of drug-likeness (QED) is 0.875. The van der Waals surface area contributed by atoms with Crippen LogP contribution in [0.1, 0.15) is 18.1 Å². The molecule has 3 heteroatoms. The van der Waals surface area contributed by atoms with Crippen LogP contribution in [0.3, 0.4) is 0 Å². The van der Waals surface area contributed by atoms with E-state index in [9.17, 15) is 0 Å². The van der Waals surface area contributed by atoms with E-state index >= 15 is 0 Å². The summed E-state index contributed by atoms with van der Waals surface area (Å²) >= 11 is 0. The summed E-state index contributed by atoms with van der Waals surface area (Å²) in [6.07, 6.45) is 1.07. The minimum absolute atomic E-state index is 0.496. The Kier molecular flexibility index (Phi) is 4.23. The highest BCUT2D eigenvalue weighted by Crippen LogP contribution is 2.30. The van der Waals surface area contributed by atoms with Gasteiger partial charge in [0, 0.05) is 24.7 Å². The fourth-order valence-corrected chi connectivity index (χ4v) is 3.20. The van der Waals surface area contributed by atoms with Crippen molar-refractivity contribution in [2.75, 3.05) is 30.3 Å². The van der Waals surface area contributed by atoms with Crippen LogP contribution in [0.4, 0.5) is 11.4 Å². The van der Waals surface area contributed by atoms with Gasteiger partial charge < -0.3 is 15.4 Å². The number of nitrogens with two attached hydrogens (primary N) is 1. The van der Waals surface area contributed by atoms with Gasteiger partial charge >= 0.3 is 0 Å². The van der Waals surface area contributed by atoms with Crippen LogP contribution in [0.25, 0.3) is 0 Å². The molecule has 22 heavy (non-hydrogen) atoms. The second-order valence-electron chi connectivity index (χ2n) is 6.09. The van der Waals surface area contributed by atoms with E-state index in [0.717, 1.165) is 36.5 Å². The molecular formula is C19H24N2O. The van der Waals surface area contributed by atoms with Gasteiger partial charge in [-0.05, 0) is 49.6 Å². The van der Waals surface area contributed by atoms with E-state index in [-0.39, 0.29) is 0 Å². The first-order valence-electron chi connectivity index (χ1n) is 7.99. The Bertz CT molecular complexity index is 654. The Morgan fingerprint density at radius 3 is 2.82 bits per heavy atom. The van der Waals surface area contributed by atoms with E-state index in [1.807, 2.05) is 25.1 Å². The average molecular weight is 296 g/mol. The van der Waals surface area contributed by atoms with Gasteiger partial charge in [0.05, 0.1) is 12.3 Å². The van der Waals surface area contributed by atoms with Crippen LogP contribution in [-0.4, -0.2) is 19.7 Å². The Balaban J connectivity index is 1.69. The lowest BCUT2D eigenvalue weighted by Gasteiger charge is -2.35. The van der Waals surface area contributed by atoms with Gasteiger partial charge in [0.15, 0.2) is 0 Å². The average Bonchev–Trinajstić information content (AvgIpc) is 2.53. The highest BCUT2D eigenvalue weighted by molar-refractivity contribution is 5.56. The molecule has 0 bridgehead atoms. The molecule has 0 amide bonds. The summed E-state index contributed by atoms with van der Waals surface area (Å²) in [6, 6.07) is 14.7. The molecule has 0 aromatic heterocycles. The first kappa shape index (κ1) is 14.8. The number of nitrogen functional groups attached to an aromatic ring is 1. The highest BCUT2D eigenvalue weighted by Gasteiger charge is 2.23. The third kappa shape index (κ3) is 3.03. The zero-order chi connectivity index (χ0) is 15.5. The molecular weight excluding hydrogens is 272 g/mol. The van der Waals surface area contributed by atoms with Crippen LogP contribution in [0.5, 0.6) is 5.75 Å². The number of fused-ring (bicyclic) bond motifs is 1. The fourth-order valence-electron chi connectivity index (χ4n) is 3.20. The number of hydrogen-bond acceptors (Lipinski definition) is 3. The monoisotopic (exact) mass is 296 g/mol. The molecule has 116 valence electrons. The van der Waals surface area contributed by atoms with Crippen LogP contribution < -0.4 is 15.4 Å². The number of hydrogen-bond donors (Lipinski definition) is 1. The number of nitrogens with zero attached hydrogens (tertiary/aromatic N) is 1. The molecule has 1 heterocycles. The third-order valence-electron chi connectivity index (χ3n) is 4.34. The highest BCUT2D eigenvalue weighted by atomic mass is 16.5. The van der Waals surface area contributed by atoms with Crippen molar-refractivity contribution in [1.29, 1.82) is 0 Å². The summed E-state index contributed by atoms with van der Waals surface area (Å²) in [7, 11) is 0. The molecule has 2 aromatic carbocycles. The van der Waals surface area contributed by atoms with Crippen molar-refractivity contribution < 1.29 is 4.74 Å². The van der Waals surface area contributed by atoms with Gasteiger partial charge in [-0.15, -0.1) is 0 Å². The van der Waals surface area contributed by atoms with Crippen molar-refractivity contribution in [3.63, 3.8) is 0 Å². The van der Waals surface area contributed by atoms with E-state index in [4.69, 9.17) is 10.5 Å². The Morgan fingerprint density at radius 2 is 2.05 bits per heavy atom. The minimum atomic E-state index is 0.496. The van der Waals surface area contributed by atoms with Gasteiger partial charge in [0.25, 0.3) is 0 Å². The van der Waals surface area contributed by atoms with E-state index in [1.165, 1.54) is 11.3 Å². The van der Waals surface area contributed by atoms with Gasteiger partial charge in [-0.3, -0.25) is 0 Å². The van der Waals surface area contributed by atoms with Gasteiger partial charge in [0.1, 0.15) is 5.75 Å². The van der Waals surface area contributed by atoms with Crippen molar-refractivity contribution >= 4 is 11.4 Å². The van der Waals surface area contributed by atoms with E-state index in [2.05, 4.69) is 36.1 Å². The zero-order valence-electron chi connectivity index (χ0n) is 13.4.